The number of nitrogens with two attached hydrogens (primary N) is 2. The van der Waals surface area contributed by atoms with E-state index in [0.29, 0.717) is 75.8 Å². The van der Waals surface area contributed by atoms with Crippen molar-refractivity contribution < 1.29 is 46.2 Å². The first-order valence-corrected chi connectivity index (χ1v) is 26.3. The van der Waals surface area contributed by atoms with Gasteiger partial charge in [0.05, 0.1) is 16.7 Å². The van der Waals surface area contributed by atoms with Gasteiger partial charge in [0, 0.05) is 74.3 Å². The van der Waals surface area contributed by atoms with Crippen molar-refractivity contribution in [3.63, 3.8) is 0 Å². The molecule has 2 aromatic carbocycles. The van der Waals surface area contributed by atoms with Crippen molar-refractivity contribution >= 4 is 73.2 Å². The molecule has 21 heteroatoms. The Labute approximate surface area is 405 Å². The normalized spacial score (nSPS) is 21.9. The molecular weight excluding hydrogens is 933 g/mol. The second-order valence-corrected chi connectivity index (χ2v) is 23.7. The number of likely N-dealkylation sites (tertiary alicyclic amines) is 2. The lowest BCUT2D eigenvalue weighted by Gasteiger charge is -2.36. The molecule has 18 nitrogen and oxygen atoms in total. The summed E-state index contributed by atoms with van der Waals surface area (Å²) in [7, 11) is -7.38. The number of piperidine rings is 4. The number of aliphatic hydroxyl groups is 2. The van der Waals surface area contributed by atoms with E-state index in [9.17, 15) is 46.2 Å². The Morgan fingerprint density at radius 1 is 0.632 bits per heavy atom. The summed E-state index contributed by atoms with van der Waals surface area (Å²) in [5.74, 6) is -0.995. The Morgan fingerprint density at radius 3 is 1.28 bits per heavy atom. The average Bonchev–Trinajstić information content (AvgIpc) is 3.53. The maximum Gasteiger partial charge on any atom is 0.253 e. The molecule has 0 radical (unpaired) electrons. The van der Waals surface area contributed by atoms with E-state index >= 15 is 0 Å². The Bertz CT molecular complexity index is 2570. The van der Waals surface area contributed by atoms with Gasteiger partial charge in [0.25, 0.3) is 17.7 Å². The number of benzene rings is 2. The van der Waals surface area contributed by atoms with Crippen LogP contribution in [0.3, 0.4) is 0 Å². The van der Waals surface area contributed by atoms with Crippen molar-refractivity contribution in [2.45, 2.75) is 115 Å². The molecule has 372 valence electrons. The number of hydrogen-bond donors (Lipinski definition) is 6. The molecule has 8 N–H and O–H groups in total. The van der Waals surface area contributed by atoms with Crippen LogP contribution in [0.15, 0.2) is 35.1 Å². The van der Waals surface area contributed by atoms with Gasteiger partial charge in [-0.25, -0.2) is 16.8 Å². The molecule has 0 unspecified atom stereocenters. The Kier molecular flexibility index (Phi) is 15.5. The summed E-state index contributed by atoms with van der Waals surface area (Å²) in [5.41, 5.74) is 13.6. The molecule has 0 atom stereocenters. The maximum atomic E-state index is 13.0. The van der Waals surface area contributed by atoms with Crippen molar-refractivity contribution in [3.05, 3.63) is 79.6 Å². The van der Waals surface area contributed by atoms with E-state index in [1.165, 1.54) is 14.0 Å². The SMILES string of the molecule is Cc1cc(C(=O)N2CCC(C)(O)CC2)cc(C)c1/C=C/S(=O)(=O)N1CCC(N)(C(N)=O)CC1.Cc1cc(C(=O)N2CCC(C)(O)CC2)cc(C)c1/C=C/S(=O)(=O)N1CCC2(CC1)NC(=S)NC2=O. The molecule has 0 saturated carbocycles. The predicted molar refractivity (Wildman–Crippen MR) is 264 cm³/mol. The van der Waals surface area contributed by atoms with Gasteiger partial charge in [0.1, 0.15) is 5.54 Å². The topological polar surface area (TPSA) is 266 Å². The smallest absolute Gasteiger partial charge is 0.253 e. The fourth-order valence-corrected chi connectivity index (χ4v) is 12.0. The summed E-state index contributed by atoms with van der Waals surface area (Å²) in [5, 5.41) is 28.5. The van der Waals surface area contributed by atoms with E-state index in [-0.39, 0.29) is 61.9 Å². The number of nitrogens with zero attached hydrogens (tertiary/aromatic N) is 4. The van der Waals surface area contributed by atoms with Crippen molar-refractivity contribution in [2.24, 2.45) is 11.5 Å². The predicted octanol–water partition coefficient (Wildman–Crippen LogP) is 2.30. The third-order valence-corrected chi connectivity index (χ3v) is 17.5. The van der Waals surface area contributed by atoms with Crippen LogP contribution in [-0.4, -0.2) is 149 Å². The highest BCUT2D eigenvalue weighted by Crippen LogP contribution is 2.30. The summed E-state index contributed by atoms with van der Waals surface area (Å²) >= 11 is 5.02. The van der Waals surface area contributed by atoms with E-state index in [1.807, 2.05) is 27.7 Å². The minimum absolute atomic E-state index is 0.0823. The third-order valence-electron chi connectivity index (χ3n) is 14.2. The number of sulfonamides is 2. The molecular formula is C47H66N8O10S3. The zero-order valence-corrected chi connectivity index (χ0v) is 42.2. The van der Waals surface area contributed by atoms with E-state index in [4.69, 9.17) is 23.7 Å². The zero-order valence-electron chi connectivity index (χ0n) is 39.8. The highest BCUT2D eigenvalue weighted by atomic mass is 32.2. The number of hydrogen-bond acceptors (Lipinski definition) is 12. The van der Waals surface area contributed by atoms with Crippen LogP contribution >= 0.6 is 12.2 Å². The summed E-state index contributed by atoms with van der Waals surface area (Å²) in [6.07, 6.45) is 6.32. The van der Waals surface area contributed by atoms with Crippen LogP contribution in [0, 0.1) is 27.7 Å². The van der Waals surface area contributed by atoms with Gasteiger partial charge in [-0.3, -0.25) is 19.2 Å². The van der Waals surface area contributed by atoms with Gasteiger partial charge in [-0.1, -0.05) is 0 Å². The van der Waals surface area contributed by atoms with Crippen LogP contribution in [0.4, 0.5) is 0 Å². The van der Waals surface area contributed by atoms with Crippen molar-refractivity contribution in [1.82, 2.24) is 29.0 Å². The van der Waals surface area contributed by atoms with E-state index in [0.717, 1.165) is 38.8 Å². The number of carbonyl (C=O) groups excluding carboxylic acids is 4. The second-order valence-electron chi connectivity index (χ2n) is 19.6. The summed E-state index contributed by atoms with van der Waals surface area (Å²) in [4.78, 5) is 53.1. The number of amides is 4. The van der Waals surface area contributed by atoms with Gasteiger partial charge in [0.2, 0.25) is 26.0 Å². The molecule has 0 aromatic heterocycles. The number of carbonyl (C=O) groups is 4. The number of primary amides is 1. The largest absolute Gasteiger partial charge is 0.390 e. The minimum atomic E-state index is -3.70. The lowest BCUT2D eigenvalue weighted by Crippen LogP contribution is -2.58. The minimum Gasteiger partial charge on any atom is -0.390 e. The third kappa shape index (κ3) is 12.0. The van der Waals surface area contributed by atoms with Crippen LogP contribution in [0.5, 0.6) is 0 Å². The van der Waals surface area contributed by atoms with Gasteiger partial charge in [-0.05, 0) is 175 Å². The van der Waals surface area contributed by atoms with Crippen LogP contribution in [0.25, 0.3) is 12.2 Å². The summed E-state index contributed by atoms with van der Waals surface area (Å²) < 4.78 is 54.2. The quantitative estimate of drug-likeness (QED) is 0.197. The fraction of sp³-hybridized carbons (Fsp3) is 0.553. The molecule has 0 aliphatic carbocycles. The Morgan fingerprint density at radius 2 is 0.971 bits per heavy atom. The first kappa shape index (κ1) is 52.8. The molecule has 5 heterocycles. The fourth-order valence-electron chi connectivity index (χ4n) is 9.34. The molecule has 68 heavy (non-hydrogen) atoms. The molecule has 5 aliphatic rings. The van der Waals surface area contributed by atoms with Gasteiger partial charge >= 0.3 is 0 Å². The van der Waals surface area contributed by atoms with E-state index in [1.54, 1.807) is 60.1 Å². The molecule has 5 saturated heterocycles. The van der Waals surface area contributed by atoms with E-state index in [2.05, 4.69) is 10.6 Å². The van der Waals surface area contributed by atoms with Crippen molar-refractivity contribution in [3.8, 4) is 0 Å². The molecule has 2 aromatic rings. The van der Waals surface area contributed by atoms with Gasteiger partial charge in [0.15, 0.2) is 5.11 Å². The zero-order chi connectivity index (χ0) is 50.2. The lowest BCUT2D eigenvalue weighted by atomic mass is 9.89. The average molecular weight is 999 g/mol. The maximum absolute atomic E-state index is 13.0. The highest BCUT2D eigenvalue weighted by Gasteiger charge is 2.48. The number of nitrogens with one attached hydrogen (secondary N) is 2. The van der Waals surface area contributed by atoms with Crippen LogP contribution in [0.1, 0.15) is 119 Å². The van der Waals surface area contributed by atoms with E-state index < -0.39 is 48.2 Å². The molecule has 1 spiro atoms. The van der Waals surface area contributed by atoms with Crippen LogP contribution < -0.4 is 22.1 Å². The van der Waals surface area contributed by atoms with Gasteiger partial charge < -0.3 is 42.1 Å². The second kappa shape index (κ2) is 20.0. The van der Waals surface area contributed by atoms with Crippen molar-refractivity contribution in [2.75, 3.05) is 52.4 Å². The Balaban J connectivity index is 0.000000224. The lowest BCUT2D eigenvalue weighted by molar-refractivity contribution is -0.125. The Hall–Kier alpha value is -4.61. The molecule has 4 amide bonds. The summed E-state index contributed by atoms with van der Waals surface area (Å²) in [6, 6.07) is 7.11. The molecule has 5 fully saturated rings. The van der Waals surface area contributed by atoms with Crippen LogP contribution in [0.2, 0.25) is 0 Å². The first-order chi connectivity index (χ1) is 31.6. The number of rotatable bonds is 9. The number of thiocarbonyl (C=S) groups is 1. The molecule has 0 bridgehead atoms. The summed E-state index contributed by atoms with van der Waals surface area (Å²) in [6.45, 7) is 13.6. The van der Waals surface area contributed by atoms with Gasteiger partial charge in [-0.2, -0.15) is 8.61 Å². The van der Waals surface area contributed by atoms with Crippen molar-refractivity contribution in [1.29, 1.82) is 0 Å². The highest BCUT2D eigenvalue weighted by molar-refractivity contribution is 7.92. The van der Waals surface area contributed by atoms with Gasteiger partial charge in [-0.15, -0.1) is 0 Å². The standard InChI is InChI=1S/C24H32N4O5S2.C23H34N4O5S/c1-16-14-18(20(29)27-9-5-23(3,31)6-10-27)15-17(2)19(16)4-13-35(32,33)28-11-7-24(8-12-28)21(30)25-22(34)26-24;1-16-14-18(20(28)26-9-5-22(3,30)6-10-26)15-17(2)19(16)4-13-33(31,32)27-11-7-23(25,8-12-27)21(24)29/h4,13-15,31H,5-12H2,1-3H3,(H2,25,26,30,34);4,13-15,30H,5-12,25H2,1-3H3,(H2,24,29)/b2*13-4+. The number of aryl methyl sites for hydroxylation is 4. The van der Waals surface area contributed by atoms with Crippen LogP contribution in [-0.2, 0) is 29.6 Å². The molecule has 7 rings (SSSR count). The first-order valence-electron chi connectivity index (χ1n) is 22.9. The molecule has 5 aliphatic heterocycles. The monoisotopic (exact) mass is 998 g/mol.